The molecule has 0 saturated heterocycles. The SMILES string of the molecule is COc1cc(C=NNc2nc(-c3ccccc3)c(C#N)c(=O)[nH]2)cc(OC)c1OC(C)C(=O)O. The van der Waals surface area contributed by atoms with Gasteiger partial charge in [-0.3, -0.25) is 9.78 Å². The summed E-state index contributed by atoms with van der Waals surface area (Å²) >= 11 is 0. The van der Waals surface area contributed by atoms with Crippen LogP contribution in [0.3, 0.4) is 0 Å². The van der Waals surface area contributed by atoms with Crippen molar-refractivity contribution in [1.29, 1.82) is 5.26 Å². The summed E-state index contributed by atoms with van der Waals surface area (Å²) in [6.45, 7) is 1.38. The summed E-state index contributed by atoms with van der Waals surface area (Å²) in [6.07, 6.45) is 0.289. The largest absolute Gasteiger partial charge is 0.493 e. The average molecular weight is 463 g/mol. The van der Waals surface area contributed by atoms with E-state index in [4.69, 9.17) is 19.3 Å². The van der Waals surface area contributed by atoms with Gasteiger partial charge in [0.25, 0.3) is 5.56 Å². The van der Waals surface area contributed by atoms with E-state index in [1.165, 1.54) is 27.4 Å². The Kier molecular flexibility index (Phi) is 7.45. The summed E-state index contributed by atoms with van der Waals surface area (Å²) in [6, 6.07) is 13.9. The first-order valence-electron chi connectivity index (χ1n) is 9.92. The number of hydrogen-bond donors (Lipinski definition) is 3. The summed E-state index contributed by atoms with van der Waals surface area (Å²) in [5.41, 5.74) is 3.28. The van der Waals surface area contributed by atoms with E-state index in [-0.39, 0.29) is 34.5 Å². The highest BCUT2D eigenvalue weighted by Gasteiger charge is 2.20. The number of hydrazone groups is 1. The second kappa shape index (κ2) is 10.6. The molecule has 0 aliphatic carbocycles. The van der Waals surface area contributed by atoms with Gasteiger partial charge < -0.3 is 19.3 Å². The molecule has 0 fully saturated rings. The predicted molar refractivity (Wildman–Crippen MR) is 123 cm³/mol. The van der Waals surface area contributed by atoms with Gasteiger partial charge in [0.2, 0.25) is 11.7 Å². The van der Waals surface area contributed by atoms with Crippen molar-refractivity contribution in [3.8, 4) is 34.6 Å². The molecule has 1 unspecified atom stereocenters. The van der Waals surface area contributed by atoms with Gasteiger partial charge in [-0.25, -0.2) is 15.2 Å². The number of carboxylic acids is 1. The molecule has 0 radical (unpaired) electrons. The van der Waals surface area contributed by atoms with Gasteiger partial charge in [0.1, 0.15) is 11.6 Å². The summed E-state index contributed by atoms with van der Waals surface area (Å²) < 4.78 is 16.1. The Morgan fingerprint density at radius 3 is 2.44 bits per heavy atom. The van der Waals surface area contributed by atoms with Crippen LogP contribution in [0.1, 0.15) is 18.1 Å². The van der Waals surface area contributed by atoms with E-state index >= 15 is 0 Å². The second-order valence-corrected chi connectivity index (χ2v) is 6.84. The number of nitriles is 1. The topological polar surface area (TPSA) is 159 Å². The van der Waals surface area contributed by atoms with Crippen LogP contribution < -0.4 is 25.2 Å². The van der Waals surface area contributed by atoms with Crippen LogP contribution in [0.15, 0.2) is 52.4 Å². The van der Waals surface area contributed by atoms with Gasteiger partial charge in [0.05, 0.1) is 26.1 Å². The molecule has 0 aliphatic rings. The summed E-state index contributed by atoms with van der Waals surface area (Å²) in [5, 5.41) is 22.5. The first-order valence-corrected chi connectivity index (χ1v) is 9.92. The van der Waals surface area contributed by atoms with Crippen molar-refractivity contribution >= 4 is 18.1 Å². The molecule has 1 aromatic heterocycles. The normalized spacial score (nSPS) is 11.5. The van der Waals surface area contributed by atoms with Gasteiger partial charge in [-0.1, -0.05) is 30.3 Å². The van der Waals surface area contributed by atoms with Gasteiger partial charge in [0, 0.05) is 11.1 Å². The van der Waals surface area contributed by atoms with E-state index in [2.05, 4.69) is 20.5 Å². The van der Waals surface area contributed by atoms with Crippen LogP contribution in [-0.2, 0) is 4.79 Å². The van der Waals surface area contributed by atoms with E-state index < -0.39 is 17.6 Å². The number of anilines is 1. The second-order valence-electron chi connectivity index (χ2n) is 6.84. The molecule has 174 valence electrons. The molecule has 3 rings (SSSR count). The van der Waals surface area contributed by atoms with Crippen molar-refractivity contribution in [1.82, 2.24) is 9.97 Å². The van der Waals surface area contributed by atoms with Crippen molar-refractivity contribution in [2.45, 2.75) is 13.0 Å². The monoisotopic (exact) mass is 463 g/mol. The van der Waals surface area contributed by atoms with Gasteiger partial charge in [0.15, 0.2) is 17.6 Å². The summed E-state index contributed by atoms with van der Waals surface area (Å²) in [4.78, 5) is 30.3. The van der Waals surface area contributed by atoms with Crippen molar-refractivity contribution in [2.75, 3.05) is 19.6 Å². The van der Waals surface area contributed by atoms with E-state index in [0.717, 1.165) is 0 Å². The quantitative estimate of drug-likeness (QED) is 0.320. The van der Waals surface area contributed by atoms with E-state index in [0.29, 0.717) is 11.1 Å². The van der Waals surface area contributed by atoms with Gasteiger partial charge >= 0.3 is 5.97 Å². The molecule has 11 heteroatoms. The van der Waals surface area contributed by atoms with E-state index in [1.54, 1.807) is 36.4 Å². The number of aromatic amines is 1. The fraction of sp³-hybridized carbons (Fsp3) is 0.174. The molecule has 34 heavy (non-hydrogen) atoms. The van der Waals surface area contributed by atoms with Crippen molar-refractivity contribution in [2.24, 2.45) is 5.10 Å². The van der Waals surface area contributed by atoms with Crippen LogP contribution in [-0.4, -0.2) is 47.6 Å². The molecule has 1 heterocycles. The Labute approximate surface area is 194 Å². The zero-order valence-corrected chi connectivity index (χ0v) is 18.5. The lowest BCUT2D eigenvalue weighted by molar-refractivity contribution is -0.144. The number of carbonyl (C=O) groups is 1. The maximum atomic E-state index is 12.3. The third-order valence-corrected chi connectivity index (χ3v) is 4.59. The minimum atomic E-state index is -1.14. The number of nitrogens with one attached hydrogen (secondary N) is 2. The standard InChI is InChI=1S/C23H21N5O6/c1-13(22(30)31)34-20-17(32-2)9-14(10-18(20)33-3)12-25-28-23-26-19(15-7-5-4-6-8-15)16(11-24)21(29)27-23/h4-10,12-13H,1-3H3,(H,30,31)(H2,26,27,28,29). The number of rotatable bonds is 9. The Hall–Kier alpha value is -4.85. The number of hydrogen-bond acceptors (Lipinski definition) is 9. The van der Waals surface area contributed by atoms with Crippen LogP contribution in [0.25, 0.3) is 11.3 Å². The van der Waals surface area contributed by atoms with Crippen molar-refractivity contribution < 1.29 is 24.1 Å². The van der Waals surface area contributed by atoms with Gasteiger partial charge in [-0.05, 0) is 19.1 Å². The highest BCUT2D eigenvalue weighted by atomic mass is 16.6. The first kappa shape index (κ1) is 23.8. The minimum absolute atomic E-state index is 0.0354. The molecule has 11 nitrogen and oxygen atoms in total. The smallest absolute Gasteiger partial charge is 0.344 e. The molecule has 1 atom stereocenters. The van der Waals surface area contributed by atoms with Crippen LogP contribution in [0.4, 0.5) is 5.95 Å². The Balaban J connectivity index is 1.89. The molecule has 0 saturated carbocycles. The number of carboxylic acid groups (broad SMARTS) is 1. The summed E-state index contributed by atoms with van der Waals surface area (Å²) in [7, 11) is 2.81. The minimum Gasteiger partial charge on any atom is -0.493 e. The number of benzene rings is 2. The lowest BCUT2D eigenvalue weighted by Gasteiger charge is -2.17. The molecule has 3 aromatic rings. The lowest BCUT2D eigenvalue weighted by Crippen LogP contribution is -2.23. The zero-order valence-electron chi connectivity index (χ0n) is 18.5. The van der Waals surface area contributed by atoms with Crippen LogP contribution >= 0.6 is 0 Å². The van der Waals surface area contributed by atoms with Crippen molar-refractivity contribution in [3.63, 3.8) is 0 Å². The van der Waals surface area contributed by atoms with Gasteiger partial charge in [-0.2, -0.15) is 10.4 Å². The fourth-order valence-corrected chi connectivity index (χ4v) is 2.92. The molecular weight excluding hydrogens is 442 g/mol. The number of ether oxygens (including phenoxy) is 3. The van der Waals surface area contributed by atoms with Crippen LogP contribution in [0, 0.1) is 11.3 Å². The Morgan fingerprint density at radius 2 is 1.88 bits per heavy atom. The third-order valence-electron chi connectivity index (χ3n) is 4.59. The zero-order chi connectivity index (χ0) is 24.7. The lowest BCUT2D eigenvalue weighted by atomic mass is 10.1. The van der Waals surface area contributed by atoms with Crippen LogP contribution in [0.5, 0.6) is 17.2 Å². The Bertz CT molecular complexity index is 1290. The number of H-pyrrole nitrogens is 1. The van der Waals surface area contributed by atoms with E-state index in [9.17, 15) is 14.9 Å². The number of nitrogens with zero attached hydrogens (tertiary/aromatic N) is 3. The molecule has 0 aliphatic heterocycles. The van der Waals surface area contributed by atoms with E-state index in [1.807, 2.05) is 12.1 Å². The maximum absolute atomic E-state index is 12.3. The fourth-order valence-electron chi connectivity index (χ4n) is 2.92. The predicted octanol–water partition coefficient (Wildman–Crippen LogP) is 2.62. The number of aliphatic carboxylic acids is 1. The number of aromatic nitrogens is 2. The Morgan fingerprint density at radius 1 is 1.24 bits per heavy atom. The third kappa shape index (κ3) is 5.31. The average Bonchev–Trinajstić information content (AvgIpc) is 2.84. The molecular formula is C23H21N5O6. The highest BCUT2D eigenvalue weighted by Crippen LogP contribution is 2.39. The maximum Gasteiger partial charge on any atom is 0.344 e. The molecule has 0 amide bonds. The van der Waals surface area contributed by atoms with Crippen LogP contribution in [0.2, 0.25) is 0 Å². The highest BCUT2D eigenvalue weighted by molar-refractivity contribution is 5.83. The number of methoxy groups -OCH3 is 2. The van der Waals surface area contributed by atoms with Gasteiger partial charge in [-0.15, -0.1) is 0 Å². The van der Waals surface area contributed by atoms with Crippen molar-refractivity contribution in [3.05, 3.63) is 63.9 Å². The molecule has 2 aromatic carbocycles. The first-order chi connectivity index (χ1) is 16.4. The molecule has 3 N–H and O–H groups in total. The summed E-state index contributed by atoms with van der Waals surface area (Å²) in [5.74, 6) is -0.489. The molecule has 0 bridgehead atoms. The molecule has 0 spiro atoms.